The summed E-state index contributed by atoms with van der Waals surface area (Å²) in [6, 6.07) is 2.82. The maximum atomic E-state index is 3.59. The van der Waals surface area contributed by atoms with Crippen LogP contribution in [0.3, 0.4) is 0 Å². The van der Waals surface area contributed by atoms with Crippen molar-refractivity contribution in [3.63, 3.8) is 0 Å². The van der Waals surface area contributed by atoms with E-state index in [1.165, 1.54) is 35.0 Å². The normalized spacial score (nSPS) is 13.0. The number of aryl methyl sites for hydroxylation is 1. The Labute approximate surface area is 105 Å². The SMILES string of the molecule is CCCNC(CC)CCc1sccc1Br. The number of nitrogens with one attached hydrogen (secondary N) is 1. The van der Waals surface area contributed by atoms with Crippen molar-refractivity contribution >= 4 is 27.3 Å². The Morgan fingerprint density at radius 2 is 2.27 bits per heavy atom. The molecule has 0 spiro atoms. The van der Waals surface area contributed by atoms with Gasteiger partial charge < -0.3 is 5.32 Å². The van der Waals surface area contributed by atoms with Gasteiger partial charge in [0.25, 0.3) is 0 Å². The van der Waals surface area contributed by atoms with Gasteiger partial charge in [-0.1, -0.05) is 13.8 Å². The summed E-state index contributed by atoms with van der Waals surface area (Å²) < 4.78 is 1.28. The summed E-state index contributed by atoms with van der Waals surface area (Å²) in [6.45, 7) is 5.62. The zero-order valence-electron chi connectivity index (χ0n) is 9.55. The topological polar surface area (TPSA) is 12.0 Å². The Morgan fingerprint density at radius 1 is 1.47 bits per heavy atom. The molecule has 0 fully saturated rings. The Bertz CT molecular complexity index is 272. The molecule has 15 heavy (non-hydrogen) atoms. The molecule has 0 saturated carbocycles. The standard InChI is InChI=1S/C12H20BrNS/c1-3-8-14-10(4-2)5-6-12-11(13)7-9-15-12/h7,9-10,14H,3-6,8H2,1-2H3. The molecule has 86 valence electrons. The number of halogens is 1. The van der Waals surface area contributed by atoms with Gasteiger partial charge in [-0.2, -0.15) is 0 Å². The van der Waals surface area contributed by atoms with Gasteiger partial charge in [0.2, 0.25) is 0 Å². The van der Waals surface area contributed by atoms with Gasteiger partial charge in [0, 0.05) is 15.4 Å². The van der Waals surface area contributed by atoms with Crippen molar-refractivity contribution in [1.29, 1.82) is 0 Å². The van der Waals surface area contributed by atoms with Crippen LogP contribution in [0.25, 0.3) is 0 Å². The first kappa shape index (κ1) is 13.2. The molecule has 0 aliphatic carbocycles. The number of thiophene rings is 1. The molecule has 3 heteroatoms. The second-order valence-electron chi connectivity index (χ2n) is 3.79. The van der Waals surface area contributed by atoms with Gasteiger partial charge in [-0.3, -0.25) is 0 Å². The largest absolute Gasteiger partial charge is 0.314 e. The highest BCUT2D eigenvalue weighted by molar-refractivity contribution is 9.10. The number of hydrogen-bond acceptors (Lipinski definition) is 2. The second-order valence-corrected chi connectivity index (χ2v) is 5.64. The summed E-state index contributed by atoms with van der Waals surface area (Å²) in [4.78, 5) is 1.48. The third-order valence-electron chi connectivity index (χ3n) is 2.59. The molecule has 0 aliphatic rings. The van der Waals surface area contributed by atoms with Crippen molar-refractivity contribution < 1.29 is 0 Å². The van der Waals surface area contributed by atoms with Gasteiger partial charge in [0.15, 0.2) is 0 Å². The van der Waals surface area contributed by atoms with Gasteiger partial charge in [-0.25, -0.2) is 0 Å². The van der Waals surface area contributed by atoms with E-state index >= 15 is 0 Å². The average molecular weight is 290 g/mol. The predicted molar refractivity (Wildman–Crippen MR) is 72.7 cm³/mol. The highest BCUT2D eigenvalue weighted by atomic mass is 79.9. The van der Waals surface area contributed by atoms with Crippen LogP contribution >= 0.6 is 27.3 Å². The molecule has 0 aromatic carbocycles. The third-order valence-corrected chi connectivity index (χ3v) is 4.57. The summed E-state index contributed by atoms with van der Waals surface area (Å²) in [5.41, 5.74) is 0. The van der Waals surface area contributed by atoms with Crippen LogP contribution in [0, 0.1) is 0 Å². The second kappa shape index (κ2) is 7.42. The van der Waals surface area contributed by atoms with E-state index in [0.29, 0.717) is 6.04 Å². The summed E-state index contributed by atoms with van der Waals surface area (Å²) in [5.74, 6) is 0. The highest BCUT2D eigenvalue weighted by Crippen LogP contribution is 2.24. The van der Waals surface area contributed by atoms with Gasteiger partial charge in [-0.15, -0.1) is 11.3 Å². The molecular weight excluding hydrogens is 270 g/mol. The van der Waals surface area contributed by atoms with Crippen LogP contribution in [0.2, 0.25) is 0 Å². The van der Waals surface area contributed by atoms with Gasteiger partial charge in [-0.05, 0) is 59.6 Å². The lowest BCUT2D eigenvalue weighted by molar-refractivity contribution is 0.469. The molecule has 1 aromatic rings. The van der Waals surface area contributed by atoms with E-state index in [1.807, 2.05) is 11.3 Å². The Hall–Kier alpha value is 0.140. The molecule has 0 aliphatic heterocycles. The minimum absolute atomic E-state index is 0.680. The van der Waals surface area contributed by atoms with Crippen molar-refractivity contribution in [3.05, 3.63) is 20.8 Å². The smallest absolute Gasteiger partial charge is 0.0314 e. The van der Waals surface area contributed by atoms with E-state index < -0.39 is 0 Å². The zero-order chi connectivity index (χ0) is 11.1. The Kier molecular flexibility index (Phi) is 6.53. The average Bonchev–Trinajstić information content (AvgIpc) is 2.65. The van der Waals surface area contributed by atoms with Crippen LogP contribution in [-0.2, 0) is 6.42 Å². The van der Waals surface area contributed by atoms with Crippen LogP contribution in [0.4, 0.5) is 0 Å². The molecule has 1 N–H and O–H groups in total. The fourth-order valence-electron chi connectivity index (χ4n) is 1.61. The third kappa shape index (κ3) is 4.66. The van der Waals surface area contributed by atoms with Gasteiger partial charge in [0.05, 0.1) is 0 Å². The summed E-state index contributed by atoms with van der Waals surface area (Å²) in [5, 5.41) is 5.74. The molecule has 0 bridgehead atoms. The zero-order valence-corrected chi connectivity index (χ0v) is 12.0. The Morgan fingerprint density at radius 3 is 2.80 bits per heavy atom. The molecule has 1 nitrogen and oxygen atoms in total. The number of rotatable bonds is 7. The van der Waals surface area contributed by atoms with Crippen molar-refractivity contribution in [2.45, 2.75) is 45.6 Å². The predicted octanol–water partition coefficient (Wildman–Crippen LogP) is 4.22. The lowest BCUT2D eigenvalue weighted by atomic mass is 10.1. The van der Waals surface area contributed by atoms with Crippen molar-refractivity contribution in [3.8, 4) is 0 Å². The first-order valence-corrected chi connectivity index (χ1v) is 7.40. The first-order chi connectivity index (χ1) is 7.27. The van der Waals surface area contributed by atoms with E-state index in [1.54, 1.807) is 0 Å². The van der Waals surface area contributed by atoms with E-state index in [4.69, 9.17) is 0 Å². The van der Waals surface area contributed by atoms with Crippen molar-refractivity contribution in [1.82, 2.24) is 5.32 Å². The van der Waals surface area contributed by atoms with Crippen LogP contribution in [0.5, 0.6) is 0 Å². The molecule has 1 rings (SSSR count). The van der Waals surface area contributed by atoms with Gasteiger partial charge >= 0.3 is 0 Å². The molecule has 0 amide bonds. The van der Waals surface area contributed by atoms with Crippen LogP contribution in [-0.4, -0.2) is 12.6 Å². The van der Waals surface area contributed by atoms with Crippen molar-refractivity contribution in [2.75, 3.05) is 6.54 Å². The molecule has 0 radical (unpaired) electrons. The first-order valence-electron chi connectivity index (χ1n) is 5.73. The molecule has 0 saturated heterocycles. The highest BCUT2D eigenvalue weighted by Gasteiger charge is 2.07. The van der Waals surface area contributed by atoms with Crippen LogP contribution < -0.4 is 5.32 Å². The maximum absolute atomic E-state index is 3.59. The summed E-state index contributed by atoms with van der Waals surface area (Å²) >= 11 is 5.43. The molecule has 1 heterocycles. The van der Waals surface area contributed by atoms with Gasteiger partial charge in [0.1, 0.15) is 0 Å². The quantitative estimate of drug-likeness (QED) is 0.792. The van der Waals surface area contributed by atoms with Crippen molar-refractivity contribution in [2.24, 2.45) is 0 Å². The molecule has 1 aromatic heterocycles. The minimum Gasteiger partial charge on any atom is -0.314 e. The van der Waals surface area contributed by atoms with E-state index in [0.717, 1.165) is 6.54 Å². The fraction of sp³-hybridized carbons (Fsp3) is 0.667. The monoisotopic (exact) mass is 289 g/mol. The molecule has 1 atom stereocenters. The fourth-order valence-corrected chi connectivity index (χ4v) is 3.18. The summed E-state index contributed by atoms with van der Waals surface area (Å²) in [6.07, 6.45) is 4.88. The van der Waals surface area contributed by atoms with E-state index in [2.05, 4.69) is 46.5 Å². The number of hydrogen-bond donors (Lipinski definition) is 1. The van der Waals surface area contributed by atoms with E-state index in [9.17, 15) is 0 Å². The lowest BCUT2D eigenvalue weighted by Gasteiger charge is -2.15. The molecular formula is C12H20BrNS. The molecule has 1 unspecified atom stereocenters. The van der Waals surface area contributed by atoms with Crippen LogP contribution in [0.1, 0.15) is 38.0 Å². The Balaban J connectivity index is 2.31. The van der Waals surface area contributed by atoms with E-state index in [-0.39, 0.29) is 0 Å². The minimum atomic E-state index is 0.680. The lowest BCUT2D eigenvalue weighted by Crippen LogP contribution is -2.29. The summed E-state index contributed by atoms with van der Waals surface area (Å²) in [7, 11) is 0. The maximum Gasteiger partial charge on any atom is 0.0314 e. The van der Waals surface area contributed by atoms with Crippen LogP contribution in [0.15, 0.2) is 15.9 Å².